The zero-order chi connectivity index (χ0) is 15.8. The standard InChI is InChI=1S/C18H14BrN3O/c19-13-5-6-17-15(9-13)18(23)22(11-21-17)8-7-12-10-20-16-4-2-1-3-14(12)16/h1-6,9-11,20H,7-8H2. The van der Waals surface area contributed by atoms with Gasteiger partial charge in [-0.3, -0.25) is 9.36 Å². The average molecular weight is 368 g/mol. The molecule has 0 aliphatic heterocycles. The van der Waals surface area contributed by atoms with Crippen molar-refractivity contribution in [2.24, 2.45) is 0 Å². The number of benzene rings is 2. The first-order valence-corrected chi connectivity index (χ1v) is 8.21. The lowest BCUT2D eigenvalue weighted by Gasteiger charge is -2.06. The van der Waals surface area contributed by atoms with Crippen LogP contribution in [0.3, 0.4) is 0 Å². The number of hydrogen-bond acceptors (Lipinski definition) is 2. The van der Waals surface area contributed by atoms with Crippen LogP contribution >= 0.6 is 15.9 Å². The van der Waals surface area contributed by atoms with Crippen LogP contribution in [0.4, 0.5) is 0 Å². The van der Waals surface area contributed by atoms with E-state index < -0.39 is 0 Å². The molecule has 0 unspecified atom stereocenters. The number of H-pyrrole nitrogens is 1. The van der Waals surface area contributed by atoms with Crippen LogP contribution in [0.25, 0.3) is 21.8 Å². The quantitative estimate of drug-likeness (QED) is 0.597. The number of aromatic amines is 1. The third-order valence-electron chi connectivity index (χ3n) is 4.08. The highest BCUT2D eigenvalue weighted by Gasteiger charge is 2.07. The number of halogens is 1. The van der Waals surface area contributed by atoms with Gasteiger partial charge in [0.25, 0.3) is 5.56 Å². The number of fused-ring (bicyclic) bond motifs is 2. The number of rotatable bonds is 3. The lowest BCUT2D eigenvalue weighted by atomic mass is 10.1. The van der Waals surface area contributed by atoms with Gasteiger partial charge in [-0.15, -0.1) is 0 Å². The van der Waals surface area contributed by atoms with Gasteiger partial charge in [0.05, 0.1) is 17.2 Å². The van der Waals surface area contributed by atoms with Crippen LogP contribution < -0.4 is 5.56 Å². The Morgan fingerprint density at radius 1 is 1.13 bits per heavy atom. The molecule has 4 nitrogen and oxygen atoms in total. The van der Waals surface area contributed by atoms with E-state index in [0.29, 0.717) is 11.9 Å². The molecule has 0 saturated carbocycles. The predicted octanol–water partition coefficient (Wildman–Crippen LogP) is 3.88. The van der Waals surface area contributed by atoms with Crippen LogP contribution in [0, 0.1) is 0 Å². The van der Waals surface area contributed by atoms with Crippen molar-refractivity contribution in [3.63, 3.8) is 0 Å². The molecule has 0 amide bonds. The summed E-state index contributed by atoms with van der Waals surface area (Å²) in [5, 5.41) is 1.85. The van der Waals surface area contributed by atoms with E-state index >= 15 is 0 Å². The summed E-state index contributed by atoms with van der Waals surface area (Å²) < 4.78 is 2.56. The van der Waals surface area contributed by atoms with E-state index in [1.807, 2.05) is 36.5 Å². The van der Waals surface area contributed by atoms with Crippen molar-refractivity contribution in [3.8, 4) is 0 Å². The molecule has 0 spiro atoms. The Bertz CT molecular complexity index is 1060. The first kappa shape index (κ1) is 14.2. The summed E-state index contributed by atoms with van der Waals surface area (Å²) in [7, 11) is 0. The van der Waals surface area contributed by atoms with Crippen LogP contribution in [-0.2, 0) is 13.0 Å². The second kappa shape index (κ2) is 5.66. The van der Waals surface area contributed by atoms with Crippen LogP contribution in [0.1, 0.15) is 5.56 Å². The van der Waals surface area contributed by atoms with Gasteiger partial charge in [-0.25, -0.2) is 4.98 Å². The minimum Gasteiger partial charge on any atom is -0.361 e. The number of nitrogens with zero attached hydrogens (tertiary/aromatic N) is 2. The van der Waals surface area contributed by atoms with Crippen molar-refractivity contribution in [1.29, 1.82) is 0 Å². The van der Waals surface area contributed by atoms with Crippen molar-refractivity contribution < 1.29 is 0 Å². The molecule has 0 saturated heterocycles. The molecule has 0 bridgehead atoms. The van der Waals surface area contributed by atoms with E-state index in [4.69, 9.17) is 0 Å². The minimum atomic E-state index is -0.00357. The molecule has 23 heavy (non-hydrogen) atoms. The summed E-state index contributed by atoms with van der Waals surface area (Å²) in [4.78, 5) is 20.2. The zero-order valence-electron chi connectivity index (χ0n) is 12.3. The van der Waals surface area contributed by atoms with E-state index in [2.05, 4.69) is 38.0 Å². The molecule has 4 aromatic rings. The molecule has 0 aliphatic carbocycles. The van der Waals surface area contributed by atoms with Gasteiger partial charge in [-0.05, 0) is 36.2 Å². The van der Waals surface area contributed by atoms with Gasteiger partial charge >= 0.3 is 0 Å². The van der Waals surface area contributed by atoms with Crippen LogP contribution in [0.2, 0.25) is 0 Å². The topological polar surface area (TPSA) is 50.7 Å². The Morgan fingerprint density at radius 3 is 2.91 bits per heavy atom. The van der Waals surface area contributed by atoms with Crippen molar-refractivity contribution in [2.45, 2.75) is 13.0 Å². The second-order valence-corrected chi connectivity index (χ2v) is 6.43. The predicted molar refractivity (Wildman–Crippen MR) is 95.7 cm³/mol. The van der Waals surface area contributed by atoms with Gasteiger partial charge < -0.3 is 4.98 Å². The van der Waals surface area contributed by atoms with Gasteiger partial charge in [-0.2, -0.15) is 0 Å². The lowest BCUT2D eigenvalue weighted by molar-refractivity contribution is 0.664. The maximum Gasteiger partial charge on any atom is 0.261 e. The summed E-state index contributed by atoms with van der Waals surface area (Å²) in [5.41, 5.74) is 3.05. The highest BCUT2D eigenvalue weighted by atomic mass is 79.9. The van der Waals surface area contributed by atoms with Crippen molar-refractivity contribution in [2.75, 3.05) is 0 Å². The zero-order valence-corrected chi connectivity index (χ0v) is 13.9. The fourth-order valence-electron chi connectivity index (χ4n) is 2.87. The summed E-state index contributed by atoms with van der Waals surface area (Å²) in [5.74, 6) is 0. The molecular formula is C18H14BrN3O. The maximum atomic E-state index is 12.6. The highest BCUT2D eigenvalue weighted by Crippen LogP contribution is 2.19. The maximum absolute atomic E-state index is 12.6. The SMILES string of the molecule is O=c1c2cc(Br)ccc2ncn1CCc1c[nH]c2ccccc12. The van der Waals surface area contributed by atoms with Crippen molar-refractivity contribution >= 4 is 37.7 Å². The summed E-state index contributed by atoms with van der Waals surface area (Å²) in [6.45, 7) is 0.607. The van der Waals surface area contributed by atoms with Crippen molar-refractivity contribution in [1.82, 2.24) is 14.5 Å². The Morgan fingerprint density at radius 2 is 2.00 bits per heavy atom. The molecule has 0 aliphatic rings. The summed E-state index contributed by atoms with van der Waals surface area (Å²) >= 11 is 3.41. The van der Waals surface area contributed by atoms with E-state index in [1.54, 1.807) is 10.9 Å². The molecule has 0 fully saturated rings. The van der Waals surface area contributed by atoms with E-state index in [0.717, 1.165) is 21.9 Å². The first-order valence-electron chi connectivity index (χ1n) is 7.42. The van der Waals surface area contributed by atoms with Crippen LogP contribution in [0.15, 0.2) is 64.3 Å². The number of nitrogens with one attached hydrogen (secondary N) is 1. The van der Waals surface area contributed by atoms with Gasteiger partial charge in [0, 0.05) is 28.1 Å². The van der Waals surface area contributed by atoms with Crippen LogP contribution in [0.5, 0.6) is 0 Å². The van der Waals surface area contributed by atoms with Crippen molar-refractivity contribution in [3.05, 3.63) is 75.4 Å². The van der Waals surface area contributed by atoms with Gasteiger partial charge in [0.1, 0.15) is 0 Å². The largest absolute Gasteiger partial charge is 0.361 e. The molecule has 4 rings (SSSR count). The Kier molecular flexibility index (Phi) is 3.50. The van der Waals surface area contributed by atoms with Gasteiger partial charge in [0.2, 0.25) is 0 Å². The minimum absolute atomic E-state index is 0.00357. The Balaban J connectivity index is 1.68. The molecule has 2 aromatic heterocycles. The Labute approximate surface area is 140 Å². The Hall–Kier alpha value is -2.40. The molecule has 5 heteroatoms. The number of aromatic nitrogens is 3. The first-order chi connectivity index (χ1) is 11.2. The number of hydrogen-bond donors (Lipinski definition) is 1. The molecule has 2 aromatic carbocycles. The summed E-state index contributed by atoms with van der Waals surface area (Å²) in [6, 6.07) is 13.8. The molecule has 114 valence electrons. The van der Waals surface area contributed by atoms with Gasteiger partial charge in [-0.1, -0.05) is 34.1 Å². The average Bonchev–Trinajstić information content (AvgIpc) is 2.98. The molecule has 0 radical (unpaired) electrons. The second-order valence-electron chi connectivity index (χ2n) is 5.51. The number of aryl methyl sites for hydroxylation is 2. The fraction of sp³-hybridized carbons (Fsp3) is 0.111. The van der Waals surface area contributed by atoms with E-state index in [9.17, 15) is 4.79 Å². The monoisotopic (exact) mass is 367 g/mol. The molecule has 1 N–H and O–H groups in total. The van der Waals surface area contributed by atoms with Crippen LogP contribution in [-0.4, -0.2) is 14.5 Å². The molecule has 2 heterocycles. The third-order valence-corrected chi connectivity index (χ3v) is 4.58. The van der Waals surface area contributed by atoms with E-state index in [-0.39, 0.29) is 5.56 Å². The highest BCUT2D eigenvalue weighted by molar-refractivity contribution is 9.10. The smallest absolute Gasteiger partial charge is 0.261 e. The lowest BCUT2D eigenvalue weighted by Crippen LogP contribution is -2.21. The fourth-order valence-corrected chi connectivity index (χ4v) is 3.23. The third kappa shape index (κ3) is 2.57. The summed E-state index contributed by atoms with van der Waals surface area (Å²) in [6.07, 6.45) is 4.43. The molecule has 0 atom stereocenters. The molecular weight excluding hydrogens is 354 g/mol. The van der Waals surface area contributed by atoms with Gasteiger partial charge in [0.15, 0.2) is 0 Å². The normalized spacial score (nSPS) is 11.3. The van der Waals surface area contributed by atoms with E-state index in [1.165, 1.54) is 10.9 Å². The number of para-hydroxylation sites is 1.